The highest BCUT2D eigenvalue weighted by atomic mass is 16.1. The molecule has 1 aliphatic carbocycles. The summed E-state index contributed by atoms with van der Waals surface area (Å²) in [5, 5.41) is 0. The number of amides is 1. The van der Waals surface area contributed by atoms with Crippen molar-refractivity contribution in [1.29, 1.82) is 0 Å². The maximum Gasteiger partial charge on any atom is 0.221 e. The van der Waals surface area contributed by atoms with Gasteiger partial charge < -0.3 is 5.73 Å². The van der Waals surface area contributed by atoms with Crippen molar-refractivity contribution < 1.29 is 4.79 Å². The Hall–Kier alpha value is -0.570. The first-order chi connectivity index (χ1) is 7.16. The molecule has 3 atom stereocenters. The standard InChI is InChI=1S/C12H22N2O/c1-9-4-5-11(7-9)14-6-2-3-10(8-14)12(13)15/h9-11H,2-8H2,1H3,(H2,13,15)/t9-,10-,11+/m1/s1. The van der Waals surface area contributed by atoms with Crippen LogP contribution in [0.4, 0.5) is 0 Å². The maximum absolute atomic E-state index is 11.2. The predicted octanol–water partition coefficient (Wildman–Crippen LogP) is 1.37. The van der Waals surface area contributed by atoms with E-state index in [4.69, 9.17) is 5.73 Å². The average Bonchev–Trinajstić information content (AvgIpc) is 2.65. The maximum atomic E-state index is 11.2. The van der Waals surface area contributed by atoms with Crippen LogP contribution in [0.1, 0.15) is 39.0 Å². The van der Waals surface area contributed by atoms with Crippen molar-refractivity contribution >= 4 is 5.91 Å². The van der Waals surface area contributed by atoms with Crippen LogP contribution in [0.3, 0.4) is 0 Å². The Morgan fingerprint density at radius 1 is 1.33 bits per heavy atom. The third-order valence-electron chi connectivity index (χ3n) is 4.04. The molecule has 0 spiro atoms. The fraction of sp³-hybridized carbons (Fsp3) is 0.917. The Morgan fingerprint density at radius 3 is 2.73 bits per heavy atom. The van der Waals surface area contributed by atoms with Crippen molar-refractivity contribution in [3.05, 3.63) is 0 Å². The second kappa shape index (κ2) is 4.52. The molecule has 86 valence electrons. The van der Waals surface area contributed by atoms with E-state index in [2.05, 4.69) is 11.8 Å². The lowest BCUT2D eigenvalue weighted by Crippen LogP contribution is -2.45. The van der Waals surface area contributed by atoms with E-state index in [1.165, 1.54) is 25.8 Å². The van der Waals surface area contributed by atoms with Crippen LogP contribution in [0.15, 0.2) is 0 Å². The summed E-state index contributed by atoms with van der Waals surface area (Å²) in [7, 11) is 0. The van der Waals surface area contributed by atoms with Gasteiger partial charge >= 0.3 is 0 Å². The molecule has 1 amide bonds. The highest BCUT2D eigenvalue weighted by Gasteiger charge is 2.31. The number of rotatable bonds is 2. The van der Waals surface area contributed by atoms with Gasteiger partial charge in [-0.05, 0) is 44.6 Å². The van der Waals surface area contributed by atoms with E-state index in [1.54, 1.807) is 0 Å². The number of piperidine rings is 1. The largest absolute Gasteiger partial charge is 0.369 e. The van der Waals surface area contributed by atoms with Crippen LogP contribution >= 0.6 is 0 Å². The molecule has 3 heteroatoms. The lowest BCUT2D eigenvalue weighted by atomic mass is 9.95. The van der Waals surface area contributed by atoms with Crippen LogP contribution in [0.25, 0.3) is 0 Å². The van der Waals surface area contributed by atoms with Crippen LogP contribution in [-0.2, 0) is 4.79 Å². The highest BCUT2D eigenvalue weighted by Crippen LogP contribution is 2.31. The first-order valence-corrected chi connectivity index (χ1v) is 6.20. The van der Waals surface area contributed by atoms with Crippen LogP contribution < -0.4 is 5.73 Å². The summed E-state index contributed by atoms with van der Waals surface area (Å²) < 4.78 is 0. The fourth-order valence-electron chi connectivity index (χ4n) is 3.08. The minimum Gasteiger partial charge on any atom is -0.369 e. The predicted molar refractivity (Wildman–Crippen MR) is 60.3 cm³/mol. The van der Waals surface area contributed by atoms with E-state index < -0.39 is 0 Å². The van der Waals surface area contributed by atoms with Crippen molar-refractivity contribution in [2.75, 3.05) is 13.1 Å². The van der Waals surface area contributed by atoms with E-state index in [0.29, 0.717) is 0 Å². The zero-order chi connectivity index (χ0) is 10.8. The number of carbonyl (C=O) groups is 1. The van der Waals surface area contributed by atoms with Gasteiger partial charge in [0.15, 0.2) is 0 Å². The number of carbonyl (C=O) groups excluding carboxylic acids is 1. The van der Waals surface area contributed by atoms with Gasteiger partial charge in [-0.3, -0.25) is 9.69 Å². The molecule has 2 N–H and O–H groups in total. The molecule has 0 radical (unpaired) electrons. The minimum atomic E-state index is -0.106. The van der Waals surface area contributed by atoms with Crippen LogP contribution in [0.5, 0.6) is 0 Å². The molecule has 0 aromatic rings. The van der Waals surface area contributed by atoms with E-state index in [-0.39, 0.29) is 11.8 Å². The van der Waals surface area contributed by atoms with Crippen molar-refractivity contribution in [2.45, 2.75) is 45.1 Å². The summed E-state index contributed by atoms with van der Waals surface area (Å²) in [5.41, 5.74) is 5.39. The summed E-state index contributed by atoms with van der Waals surface area (Å²) in [5.74, 6) is 0.865. The Balaban J connectivity index is 1.90. The third kappa shape index (κ3) is 2.51. The smallest absolute Gasteiger partial charge is 0.221 e. The molecule has 0 aromatic carbocycles. The summed E-state index contributed by atoms with van der Waals surface area (Å²) >= 11 is 0. The van der Waals surface area contributed by atoms with Gasteiger partial charge in [0, 0.05) is 12.6 Å². The summed E-state index contributed by atoms with van der Waals surface area (Å²) in [6, 6.07) is 0.724. The zero-order valence-corrected chi connectivity index (χ0v) is 9.61. The van der Waals surface area contributed by atoms with Crippen molar-refractivity contribution in [3.8, 4) is 0 Å². The molecule has 1 saturated heterocycles. The SMILES string of the molecule is C[C@@H]1CC[C@H](N2CCC[C@@H](C(N)=O)C2)C1. The average molecular weight is 210 g/mol. The Labute approximate surface area is 92.0 Å². The van der Waals surface area contributed by atoms with E-state index >= 15 is 0 Å². The van der Waals surface area contributed by atoms with E-state index in [1.807, 2.05) is 0 Å². The first kappa shape index (κ1) is 10.9. The Morgan fingerprint density at radius 2 is 2.13 bits per heavy atom. The molecule has 0 aromatic heterocycles. The zero-order valence-electron chi connectivity index (χ0n) is 9.61. The summed E-state index contributed by atoms with van der Waals surface area (Å²) in [4.78, 5) is 13.7. The molecular weight excluding hydrogens is 188 g/mol. The molecule has 15 heavy (non-hydrogen) atoms. The van der Waals surface area contributed by atoms with E-state index in [0.717, 1.165) is 31.3 Å². The lowest BCUT2D eigenvalue weighted by molar-refractivity contribution is -0.123. The number of primary amides is 1. The molecule has 2 rings (SSSR count). The van der Waals surface area contributed by atoms with Gasteiger partial charge in [-0.25, -0.2) is 0 Å². The highest BCUT2D eigenvalue weighted by molar-refractivity contribution is 5.76. The lowest BCUT2D eigenvalue weighted by Gasteiger charge is -2.35. The fourth-order valence-corrected chi connectivity index (χ4v) is 3.08. The van der Waals surface area contributed by atoms with Crippen molar-refractivity contribution in [1.82, 2.24) is 4.90 Å². The third-order valence-corrected chi connectivity index (χ3v) is 4.04. The number of likely N-dealkylation sites (tertiary alicyclic amines) is 1. The molecule has 3 nitrogen and oxygen atoms in total. The summed E-state index contributed by atoms with van der Waals surface area (Å²) in [6.45, 7) is 4.41. The second-order valence-electron chi connectivity index (χ2n) is 5.31. The van der Waals surface area contributed by atoms with Gasteiger partial charge in [0.25, 0.3) is 0 Å². The molecule has 0 unspecified atom stereocenters. The van der Waals surface area contributed by atoms with Crippen LogP contribution in [0, 0.1) is 11.8 Å². The normalized spacial score (nSPS) is 38.1. The van der Waals surface area contributed by atoms with Gasteiger partial charge in [-0.2, -0.15) is 0 Å². The van der Waals surface area contributed by atoms with Gasteiger partial charge in [-0.1, -0.05) is 6.92 Å². The molecule has 1 heterocycles. The topological polar surface area (TPSA) is 46.3 Å². The van der Waals surface area contributed by atoms with Gasteiger partial charge in [-0.15, -0.1) is 0 Å². The monoisotopic (exact) mass is 210 g/mol. The quantitative estimate of drug-likeness (QED) is 0.748. The van der Waals surface area contributed by atoms with Crippen molar-refractivity contribution in [3.63, 3.8) is 0 Å². The van der Waals surface area contributed by atoms with E-state index in [9.17, 15) is 4.79 Å². The number of nitrogens with zero attached hydrogens (tertiary/aromatic N) is 1. The van der Waals surface area contributed by atoms with Gasteiger partial charge in [0.1, 0.15) is 0 Å². The molecule has 1 saturated carbocycles. The minimum absolute atomic E-state index is 0.106. The number of hydrogen-bond donors (Lipinski definition) is 1. The van der Waals surface area contributed by atoms with Gasteiger partial charge in [0.05, 0.1) is 5.92 Å². The van der Waals surface area contributed by atoms with Gasteiger partial charge in [0.2, 0.25) is 5.91 Å². The number of hydrogen-bond acceptors (Lipinski definition) is 2. The molecule has 2 aliphatic rings. The number of nitrogens with two attached hydrogens (primary N) is 1. The first-order valence-electron chi connectivity index (χ1n) is 6.20. The molecular formula is C12H22N2O. The molecule has 0 bridgehead atoms. The Bertz CT molecular complexity index is 242. The van der Waals surface area contributed by atoms with Crippen LogP contribution in [0.2, 0.25) is 0 Å². The second-order valence-corrected chi connectivity index (χ2v) is 5.31. The van der Waals surface area contributed by atoms with Crippen LogP contribution in [-0.4, -0.2) is 29.9 Å². The molecule has 2 fully saturated rings. The Kier molecular flexibility index (Phi) is 3.29. The molecule has 1 aliphatic heterocycles. The van der Waals surface area contributed by atoms with Crippen molar-refractivity contribution in [2.24, 2.45) is 17.6 Å². The summed E-state index contributed by atoms with van der Waals surface area (Å²) in [6.07, 6.45) is 6.10.